The minimum atomic E-state index is -3.60. The maximum atomic E-state index is 12.5. The van der Waals surface area contributed by atoms with Gasteiger partial charge < -0.3 is 4.98 Å². The van der Waals surface area contributed by atoms with Crippen LogP contribution in [0, 0.1) is 6.92 Å². The summed E-state index contributed by atoms with van der Waals surface area (Å²) in [5.41, 5.74) is 1.51. The molecule has 2 heterocycles. The van der Waals surface area contributed by atoms with E-state index in [1.54, 1.807) is 24.3 Å². The molecule has 2 N–H and O–H groups in total. The van der Waals surface area contributed by atoms with E-state index in [1.165, 1.54) is 20.2 Å². The lowest BCUT2D eigenvalue weighted by atomic mass is 10.1. The van der Waals surface area contributed by atoms with Gasteiger partial charge in [-0.1, -0.05) is 0 Å². The molecule has 1 aliphatic rings. The summed E-state index contributed by atoms with van der Waals surface area (Å²) >= 11 is 0. The molecule has 0 saturated carbocycles. The van der Waals surface area contributed by atoms with Gasteiger partial charge in [-0.25, -0.2) is 17.5 Å². The molecule has 1 aromatic heterocycles. The Labute approximate surface area is 174 Å². The SMILES string of the molecule is [CH]c1cc(S(=O)(=O)N(C)C)ccc1[N+]1(c2ccc3[nH]c(=O)[nH]c(=O)c3c2)CCCC1. The Balaban J connectivity index is 1.90. The van der Waals surface area contributed by atoms with Crippen molar-refractivity contribution in [1.82, 2.24) is 18.8 Å². The van der Waals surface area contributed by atoms with Crippen molar-refractivity contribution in [2.45, 2.75) is 17.7 Å². The Bertz CT molecular complexity index is 1350. The summed E-state index contributed by atoms with van der Waals surface area (Å²) in [4.78, 5) is 28.9. The number of sulfonamides is 1. The Morgan fingerprint density at radius 1 is 1.00 bits per heavy atom. The van der Waals surface area contributed by atoms with Crippen LogP contribution >= 0.6 is 0 Å². The molecular weight excluding hydrogens is 404 g/mol. The molecular formula is C21H23N4O4S+. The molecule has 0 aliphatic carbocycles. The molecule has 30 heavy (non-hydrogen) atoms. The van der Waals surface area contributed by atoms with Crippen LogP contribution in [-0.2, 0) is 10.0 Å². The van der Waals surface area contributed by atoms with Crippen LogP contribution in [0.3, 0.4) is 0 Å². The van der Waals surface area contributed by atoms with Crippen LogP contribution < -0.4 is 15.7 Å². The lowest BCUT2D eigenvalue weighted by Crippen LogP contribution is -2.41. The summed E-state index contributed by atoms with van der Waals surface area (Å²) < 4.78 is 26.5. The summed E-state index contributed by atoms with van der Waals surface area (Å²) in [5.74, 6) is 0. The number of rotatable bonds is 4. The molecule has 0 unspecified atom stereocenters. The van der Waals surface area contributed by atoms with Gasteiger partial charge in [0, 0.05) is 57.6 Å². The largest absolute Gasteiger partial charge is 0.326 e. The zero-order chi connectivity index (χ0) is 21.7. The molecule has 0 atom stereocenters. The van der Waals surface area contributed by atoms with Crippen LogP contribution in [-0.4, -0.2) is 49.9 Å². The number of benzene rings is 2. The lowest BCUT2D eigenvalue weighted by Gasteiger charge is -2.34. The quantitative estimate of drug-likeness (QED) is 0.621. The highest BCUT2D eigenvalue weighted by Gasteiger charge is 2.39. The monoisotopic (exact) mass is 427 g/mol. The standard InChI is InChI=1S/C21H22N4O4S/c1-14-12-16(30(28,29)24(2)3)7-9-19(14)25(10-4-5-11-25)15-6-8-18-17(13-15)20(26)23-21(27)22-18/h1,6-9,12-13H,4-5,10-11H2,2-3H3,(H-,22,23,26,27)/p+1. The lowest BCUT2D eigenvalue weighted by molar-refractivity contribution is 0.465. The third kappa shape index (κ3) is 3.19. The summed E-state index contributed by atoms with van der Waals surface area (Å²) in [6, 6.07) is 10.2. The van der Waals surface area contributed by atoms with Gasteiger partial charge in [-0.15, -0.1) is 0 Å². The number of H-pyrrole nitrogens is 2. The summed E-state index contributed by atoms with van der Waals surface area (Å²) in [5, 5.41) is 0.391. The first-order valence-corrected chi connectivity index (χ1v) is 11.1. The van der Waals surface area contributed by atoms with Crippen molar-refractivity contribution in [3.05, 3.63) is 69.7 Å². The molecule has 2 aromatic carbocycles. The van der Waals surface area contributed by atoms with Gasteiger partial charge >= 0.3 is 5.69 Å². The molecule has 0 amide bonds. The molecule has 1 fully saturated rings. The van der Waals surface area contributed by atoms with Crippen molar-refractivity contribution in [1.29, 1.82) is 0 Å². The van der Waals surface area contributed by atoms with E-state index < -0.39 is 21.3 Å². The molecule has 156 valence electrons. The average Bonchev–Trinajstić information content (AvgIpc) is 3.18. The van der Waals surface area contributed by atoms with Crippen molar-refractivity contribution >= 4 is 32.3 Å². The van der Waals surface area contributed by atoms with Gasteiger partial charge in [-0.2, -0.15) is 0 Å². The summed E-state index contributed by atoms with van der Waals surface area (Å²) in [6.07, 6.45) is 1.94. The molecule has 1 saturated heterocycles. The number of nitrogens with zero attached hydrogens (tertiary/aromatic N) is 2. The molecule has 0 bridgehead atoms. The first kappa shape index (κ1) is 20.5. The Kier molecular flexibility index (Phi) is 4.92. The number of hydrogen-bond donors (Lipinski definition) is 2. The smallest absolute Gasteiger partial charge is 0.307 e. The minimum absolute atomic E-state index is 0.138. The molecule has 0 spiro atoms. The van der Waals surface area contributed by atoms with E-state index in [-0.39, 0.29) is 4.90 Å². The van der Waals surface area contributed by atoms with Gasteiger partial charge in [-0.05, 0) is 18.2 Å². The number of nitrogens with one attached hydrogen (secondary N) is 2. The van der Waals surface area contributed by atoms with E-state index in [0.717, 1.165) is 41.6 Å². The Hall–Kier alpha value is -2.75. The highest BCUT2D eigenvalue weighted by molar-refractivity contribution is 7.89. The minimum Gasteiger partial charge on any atom is -0.307 e. The third-order valence-corrected chi connectivity index (χ3v) is 7.60. The van der Waals surface area contributed by atoms with Gasteiger partial charge in [0.2, 0.25) is 10.0 Å². The number of aromatic amines is 2. The highest BCUT2D eigenvalue weighted by atomic mass is 32.2. The summed E-state index contributed by atoms with van der Waals surface area (Å²) in [7, 11) is -0.641. The highest BCUT2D eigenvalue weighted by Crippen LogP contribution is 2.42. The van der Waals surface area contributed by atoms with E-state index in [4.69, 9.17) is 6.92 Å². The Morgan fingerprint density at radius 2 is 1.70 bits per heavy atom. The fourth-order valence-corrected chi connectivity index (χ4v) is 5.16. The van der Waals surface area contributed by atoms with Crippen LogP contribution in [0.15, 0.2) is 50.9 Å². The predicted molar refractivity (Wildman–Crippen MR) is 116 cm³/mol. The van der Waals surface area contributed by atoms with Gasteiger partial charge in [0.1, 0.15) is 11.4 Å². The van der Waals surface area contributed by atoms with Crippen molar-refractivity contribution in [2.75, 3.05) is 27.2 Å². The van der Waals surface area contributed by atoms with Gasteiger partial charge in [0.15, 0.2) is 0 Å². The van der Waals surface area contributed by atoms with Gasteiger partial charge in [0.05, 0.1) is 28.9 Å². The maximum absolute atomic E-state index is 12.5. The first-order chi connectivity index (χ1) is 14.1. The maximum Gasteiger partial charge on any atom is 0.326 e. The Morgan fingerprint density at radius 3 is 2.33 bits per heavy atom. The predicted octanol–water partition coefficient (Wildman–Crippen LogP) is 1.96. The zero-order valence-electron chi connectivity index (χ0n) is 16.8. The van der Waals surface area contributed by atoms with E-state index in [0.29, 0.717) is 20.9 Å². The van der Waals surface area contributed by atoms with E-state index in [1.807, 2.05) is 6.07 Å². The summed E-state index contributed by atoms with van der Waals surface area (Å²) in [6.45, 7) is 7.92. The molecule has 4 rings (SSSR count). The van der Waals surface area contributed by atoms with Crippen LogP contribution in [0.2, 0.25) is 0 Å². The van der Waals surface area contributed by atoms with Crippen molar-refractivity contribution in [3.63, 3.8) is 0 Å². The first-order valence-electron chi connectivity index (χ1n) is 9.62. The number of fused-ring (bicyclic) bond motifs is 1. The molecule has 9 heteroatoms. The van der Waals surface area contributed by atoms with Crippen LogP contribution in [0.4, 0.5) is 11.4 Å². The van der Waals surface area contributed by atoms with Gasteiger partial charge in [-0.3, -0.25) is 14.3 Å². The van der Waals surface area contributed by atoms with E-state index >= 15 is 0 Å². The second-order valence-corrected chi connectivity index (χ2v) is 9.92. The van der Waals surface area contributed by atoms with Crippen LogP contribution in [0.25, 0.3) is 10.9 Å². The second-order valence-electron chi connectivity index (χ2n) is 7.77. The van der Waals surface area contributed by atoms with Crippen LogP contribution in [0.5, 0.6) is 0 Å². The van der Waals surface area contributed by atoms with E-state index in [9.17, 15) is 18.0 Å². The second kappa shape index (κ2) is 7.19. The topological polar surface area (TPSA) is 103 Å². The van der Waals surface area contributed by atoms with E-state index in [2.05, 4.69) is 9.97 Å². The van der Waals surface area contributed by atoms with Crippen molar-refractivity contribution < 1.29 is 8.42 Å². The molecule has 8 nitrogen and oxygen atoms in total. The molecule has 1 aliphatic heterocycles. The van der Waals surface area contributed by atoms with Crippen molar-refractivity contribution in [2.24, 2.45) is 0 Å². The molecule has 3 aromatic rings. The normalized spacial score (nSPS) is 16.4. The molecule has 2 radical (unpaired) electrons. The zero-order valence-corrected chi connectivity index (χ0v) is 17.6. The number of quaternary nitrogens is 1. The fraction of sp³-hybridized carbons (Fsp3) is 0.286. The fourth-order valence-electron chi connectivity index (χ4n) is 4.23. The van der Waals surface area contributed by atoms with Crippen LogP contribution in [0.1, 0.15) is 18.4 Å². The number of hydrogen-bond acceptors (Lipinski definition) is 4. The number of aromatic nitrogens is 2. The average molecular weight is 428 g/mol. The third-order valence-electron chi connectivity index (χ3n) is 5.79. The van der Waals surface area contributed by atoms with Crippen molar-refractivity contribution in [3.8, 4) is 0 Å². The van der Waals surface area contributed by atoms with Gasteiger partial charge in [0.25, 0.3) is 5.56 Å².